The monoisotopic (exact) mass is 435 g/mol. The molecule has 0 bridgehead atoms. The molecule has 1 spiro atoms. The highest BCUT2D eigenvalue weighted by Gasteiger charge is 2.43. The van der Waals surface area contributed by atoms with Crippen molar-refractivity contribution in [2.45, 2.75) is 38.1 Å². The van der Waals surface area contributed by atoms with Crippen LogP contribution in [-0.4, -0.2) is 69.9 Å². The second-order valence-corrected chi connectivity index (χ2v) is 10.1. The molecule has 2 aliphatic heterocycles. The molecular formula is C21H29N3O3S2. The van der Waals surface area contributed by atoms with Crippen molar-refractivity contribution in [3.63, 3.8) is 0 Å². The molecule has 2 fully saturated rings. The fourth-order valence-corrected chi connectivity index (χ4v) is 5.40. The zero-order chi connectivity index (χ0) is 21.0. The first-order valence-corrected chi connectivity index (χ1v) is 12.3. The van der Waals surface area contributed by atoms with Crippen LogP contribution < -0.4 is 0 Å². The van der Waals surface area contributed by atoms with E-state index in [9.17, 15) is 14.4 Å². The maximum absolute atomic E-state index is 12.9. The second kappa shape index (κ2) is 9.51. The zero-order valence-corrected chi connectivity index (χ0v) is 19.0. The number of likely N-dealkylation sites (tertiary alicyclic amines) is 2. The van der Waals surface area contributed by atoms with Gasteiger partial charge in [0.15, 0.2) is 5.12 Å². The Morgan fingerprint density at radius 1 is 1.17 bits per heavy atom. The highest BCUT2D eigenvalue weighted by atomic mass is 32.2. The van der Waals surface area contributed by atoms with E-state index in [0.717, 1.165) is 50.5 Å². The molecule has 2 amide bonds. The predicted octanol–water partition coefficient (Wildman–Crippen LogP) is 3.17. The SMILES string of the molecule is CSc1ncccc1C(=O)N1CCC2(CC1)CCN(C(=O)C(C)CSC(C)=O)C2. The zero-order valence-electron chi connectivity index (χ0n) is 17.3. The van der Waals surface area contributed by atoms with Crippen molar-refractivity contribution in [3.05, 3.63) is 23.9 Å². The van der Waals surface area contributed by atoms with Gasteiger partial charge in [0.2, 0.25) is 5.91 Å². The largest absolute Gasteiger partial charge is 0.342 e. The number of nitrogens with zero attached hydrogens (tertiary/aromatic N) is 3. The highest BCUT2D eigenvalue weighted by Crippen LogP contribution is 2.41. The molecule has 0 N–H and O–H groups in total. The van der Waals surface area contributed by atoms with Gasteiger partial charge < -0.3 is 9.80 Å². The Labute approximate surface area is 181 Å². The third-order valence-electron chi connectivity index (χ3n) is 6.01. The van der Waals surface area contributed by atoms with Crippen LogP contribution in [0.5, 0.6) is 0 Å². The Morgan fingerprint density at radius 2 is 1.83 bits per heavy atom. The van der Waals surface area contributed by atoms with E-state index >= 15 is 0 Å². The molecule has 3 heterocycles. The van der Waals surface area contributed by atoms with Crippen molar-refractivity contribution in [1.82, 2.24) is 14.8 Å². The normalized spacial score (nSPS) is 19.4. The Morgan fingerprint density at radius 3 is 2.45 bits per heavy atom. The van der Waals surface area contributed by atoms with Gasteiger partial charge in [-0.2, -0.15) is 0 Å². The number of piperidine rings is 1. The number of aromatic nitrogens is 1. The summed E-state index contributed by atoms with van der Waals surface area (Å²) in [4.78, 5) is 45.1. The van der Waals surface area contributed by atoms with Crippen LogP contribution in [0.15, 0.2) is 23.4 Å². The van der Waals surface area contributed by atoms with Gasteiger partial charge in [-0.15, -0.1) is 11.8 Å². The molecule has 8 heteroatoms. The second-order valence-electron chi connectivity index (χ2n) is 8.07. The third-order valence-corrected chi connectivity index (χ3v) is 7.80. The summed E-state index contributed by atoms with van der Waals surface area (Å²) in [6.45, 7) is 6.43. The summed E-state index contributed by atoms with van der Waals surface area (Å²) in [6.07, 6.45) is 6.50. The van der Waals surface area contributed by atoms with Crippen LogP contribution in [-0.2, 0) is 9.59 Å². The van der Waals surface area contributed by atoms with Crippen molar-refractivity contribution < 1.29 is 14.4 Å². The molecule has 1 aromatic rings. The molecule has 0 radical (unpaired) electrons. The van der Waals surface area contributed by atoms with Crippen LogP contribution in [0, 0.1) is 11.3 Å². The van der Waals surface area contributed by atoms with Crippen LogP contribution in [0.25, 0.3) is 0 Å². The Balaban J connectivity index is 1.56. The summed E-state index contributed by atoms with van der Waals surface area (Å²) in [5.41, 5.74) is 0.799. The summed E-state index contributed by atoms with van der Waals surface area (Å²) in [6, 6.07) is 3.66. The van der Waals surface area contributed by atoms with E-state index in [1.165, 1.54) is 30.4 Å². The summed E-state index contributed by atoms with van der Waals surface area (Å²) < 4.78 is 0. The molecule has 3 rings (SSSR count). The van der Waals surface area contributed by atoms with Gasteiger partial charge in [0, 0.05) is 51.0 Å². The van der Waals surface area contributed by atoms with E-state index in [2.05, 4.69) is 4.98 Å². The molecule has 1 aromatic heterocycles. The molecule has 0 aromatic carbocycles. The van der Waals surface area contributed by atoms with Gasteiger partial charge in [-0.3, -0.25) is 14.4 Å². The predicted molar refractivity (Wildman–Crippen MR) is 117 cm³/mol. The number of hydrogen-bond donors (Lipinski definition) is 0. The first kappa shape index (κ1) is 22.2. The van der Waals surface area contributed by atoms with Gasteiger partial charge in [-0.1, -0.05) is 18.7 Å². The number of hydrogen-bond acceptors (Lipinski definition) is 6. The average Bonchev–Trinajstić information content (AvgIpc) is 3.14. The molecule has 1 unspecified atom stereocenters. The van der Waals surface area contributed by atoms with Gasteiger partial charge in [-0.05, 0) is 43.1 Å². The standard InChI is InChI=1S/C21H29N3O3S2/c1-15(13-29-16(2)25)19(26)24-12-8-21(14-24)6-10-23(11-7-21)20(27)17-5-4-9-22-18(17)28-3/h4-5,9,15H,6-8,10-14H2,1-3H3. The average molecular weight is 436 g/mol. The van der Waals surface area contributed by atoms with Gasteiger partial charge in [-0.25, -0.2) is 4.98 Å². The molecule has 0 saturated carbocycles. The quantitative estimate of drug-likeness (QED) is 0.662. The Hall–Kier alpha value is -1.54. The summed E-state index contributed by atoms with van der Waals surface area (Å²) in [5, 5.41) is 0.825. The number of carbonyl (C=O) groups excluding carboxylic acids is 3. The van der Waals surface area contributed by atoms with Crippen LogP contribution >= 0.6 is 23.5 Å². The molecule has 6 nitrogen and oxygen atoms in total. The van der Waals surface area contributed by atoms with E-state index in [0.29, 0.717) is 11.3 Å². The van der Waals surface area contributed by atoms with Crippen molar-refractivity contribution in [1.29, 1.82) is 0 Å². The molecule has 29 heavy (non-hydrogen) atoms. The van der Waals surface area contributed by atoms with Crippen LogP contribution in [0.1, 0.15) is 43.5 Å². The minimum Gasteiger partial charge on any atom is -0.342 e. The Bertz CT molecular complexity index is 778. The maximum atomic E-state index is 12.9. The van der Waals surface area contributed by atoms with Crippen LogP contribution in [0.3, 0.4) is 0 Å². The number of pyridine rings is 1. The van der Waals surface area contributed by atoms with Crippen LogP contribution in [0.2, 0.25) is 0 Å². The van der Waals surface area contributed by atoms with E-state index in [1.807, 2.05) is 35.1 Å². The molecule has 2 saturated heterocycles. The lowest BCUT2D eigenvalue weighted by Gasteiger charge is -2.39. The first-order chi connectivity index (χ1) is 13.8. The fraction of sp³-hybridized carbons (Fsp3) is 0.619. The van der Waals surface area contributed by atoms with E-state index in [4.69, 9.17) is 0 Å². The Kier molecular flexibility index (Phi) is 7.27. The third kappa shape index (κ3) is 5.15. The lowest BCUT2D eigenvalue weighted by atomic mass is 9.77. The van der Waals surface area contributed by atoms with Gasteiger partial charge in [0.1, 0.15) is 5.03 Å². The lowest BCUT2D eigenvalue weighted by Crippen LogP contribution is -2.45. The number of amides is 2. The topological polar surface area (TPSA) is 70.6 Å². The summed E-state index contributed by atoms with van der Waals surface area (Å²) >= 11 is 2.71. The molecule has 1 atom stereocenters. The van der Waals surface area contributed by atoms with Crippen molar-refractivity contribution in [2.75, 3.05) is 38.2 Å². The molecule has 158 valence electrons. The van der Waals surface area contributed by atoms with E-state index in [1.54, 1.807) is 6.20 Å². The van der Waals surface area contributed by atoms with E-state index < -0.39 is 0 Å². The van der Waals surface area contributed by atoms with Crippen molar-refractivity contribution >= 4 is 40.5 Å². The fourth-order valence-electron chi connectivity index (χ4n) is 4.23. The summed E-state index contributed by atoms with van der Waals surface area (Å²) in [5.74, 6) is 0.603. The van der Waals surface area contributed by atoms with Gasteiger partial charge in [0.05, 0.1) is 5.56 Å². The molecule has 2 aliphatic rings. The lowest BCUT2D eigenvalue weighted by molar-refractivity contribution is -0.133. The van der Waals surface area contributed by atoms with Crippen molar-refractivity contribution in [2.24, 2.45) is 11.3 Å². The first-order valence-electron chi connectivity index (χ1n) is 10.1. The van der Waals surface area contributed by atoms with Crippen LogP contribution in [0.4, 0.5) is 0 Å². The van der Waals surface area contributed by atoms with Gasteiger partial charge >= 0.3 is 0 Å². The number of rotatable bonds is 5. The number of thioether (sulfide) groups is 2. The minimum atomic E-state index is -0.142. The summed E-state index contributed by atoms with van der Waals surface area (Å²) in [7, 11) is 0. The molecular weight excluding hydrogens is 406 g/mol. The van der Waals surface area contributed by atoms with E-state index in [-0.39, 0.29) is 28.3 Å². The van der Waals surface area contributed by atoms with Gasteiger partial charge in [0.25, 0.3) is 5.91 Å². The highest BCUT2D eigenvalue weighted by molar-refractivity contribution is 8.13. The maximum Gasteiger partial charge on any atom is 0.256 e. The van der Waals surface area contributed by atoms with Crippen molar-refractivity contribution in [3.8, 4) is 0 Å². The molecule has 0 aliphatic carbocycles. The minimum absolute atomic E-state index is 0.0535. The smallest absolute Gasteiger partial charge is 0.256 e. The number of carbonyl (C=O) groups is 3.